The molecule has 104 valence electrons. The number of methoxy groups -OCH3 is 1. The van der Waals surface area contributed by atoms with Gasteiger partial charge in [0.25, 0.3) is 0 Å². The molecule has 6 heteroatoms. The monoisotopic (exact) mass is 264 g/mol. The highest BCUT2D eigenvalue weighted by atomic mass is 16.5. The topological polar surface area (TPSA) is 80.5 Å². The number of esters is 1. The van der Waals surface area contributed by atoms with Gasteiger partial charge in [-0.05, 0) is 38.1 Å². The third kappa shape index (κ3) is 3.65. The Morgan fingerprint density at radius 1 is 1.53 bits per heavy atom. The van der Waals surface area contributed by atoms with Crippen LogP contribution in [0.5, 0.6) is 0 Å². The molecule has 0 bridgehead atoms. The number of nitrogens with zero attached hydrogens (tertiary/aromatic N) is 2. The number of aromatic nitrogens is 1. The van der Waals surface area contributed by atoms with Crippen LogP contribution in [0.4, 0.5) is 5.82 Å². The Kier molecular flexibility index (Phi) is 4.70. The number of nitrogen functional groups attached to an aromatic ring is 1. The molecule has 0 radical (unpaired) electrons. The molecular weight excluding hydrogens is 244 g/mol. The van der Waals surface area contributed by atoms with Gasteiger partial charge in [-0.25, -0.2) is 10.8 Å². The zero-order chi connectivity index (χ0) is 13.7. The number of hydrazine groups is 1. The maximum Gasteiger partial charge on any atom is 0.308 e. The van der Waals surface area contributed by atoms with Crippen molar-refractivity contribution >= 4 is 11.8 Å². The third-order valence-corrected chi connectivity index (χ3v) is 3.46. The fourth-order valence-corrected chi connectivity index (χ4v) is 2.37. The van der Waals surface area contributed by atoms with Crippen molar-refractivity contribution in [2.45, 2.75) is 19.4 Å². The van der Waals surface area contributed by atoms with Gasteiger partial charge in [-0.1, -0.05) is 6.07 Å². The van der Waals surface area contributed by atoms with Crippen molar-refractivity contribution in [1.29, 1.82) is 0 Å². The Bertz CT molecular complexity index is 430. The zero-order valence-electron chi connectivity index (χ0n) is 11.1. The number of likely N-dealkylation sites (tertiary alicyclic amines) is 1. The first-order valence-corrected chi connectivity index (χ1v) is 6.45. The molecule has 2 heterocycles. The summed E-state index contributed by atoms with van der Waals surface area (Å²) in [5, 5.41) is 0. The summed E-state index contributed by atoms with van der Waals surface area (Å²) in [5.74, 6) is 5.97. The lowest BCUT2D eigenvalue weighted by Crippen LogP contribution is -2.36. The Labute approximate surface area is 112 Å². The van der Waals surface area contributed by atoms with Crippen molar-refractivity contribution in [2.75, 3.05) is 25.6 Å². The summed E-state index contributed by atoms with van der Waals surface area (Å²) >= 11 is 0. The average Bonchev–Trinajstić information content (AvgIpc) is 2.47. The number of carbonyl (C=O) groups is 1. The van der Waals surface area contributed by atoms with Gasteiger partial charge >= 0.3 is 5.97 Å². The van der Waals surface area contributed by atoms with Gasteiger partial charge in [0.05, 0.1) is 18.7 Å². The lowest BCUT2D eigenvalue weighted by Gasteiger charge is -2.30. The van der Waals surface area contributed by atoms with Crippen LogP contribution in [-0.4, -0.2) is 36.1 Å². The van der Waals surface area contributed by atoms with Gasteiger partial charge in [-0.2, -0.15) is 0 Å². The van der Waals surface area contributed by atoms with E-state index in [9.17, 15) is 4.79 Å². The molecule has 0 spiro atoms. The molecule has 0 unspecified atom stereocenters. The molecule has 0 amide bonds. The molecule has 2 rings (SSSR count). The summed E-state index contributed by atoms with van der Waals surface area (Å²) in [4.78, 5) is 18.1. The number of piperidine rings is 1. The third-order valence-electron chi connectivity index (χ3n) is 3.46. The lowest BCUT2D eigenvalue weighted by molar-refractivity contribution is -0.147. The van der Waals surface area contributed by atoms with E-state index < -0.39 is 0 Å². The van der Waals surface area contributed by atoms with Crippen LogP contribution in [0.2, 0.25) is 0 Å². The van der Waals surface area contributed by atoms with Crippen molar-refractivity contribution in [3.8, 4) is 0 Å². The number of rotatable bonds is 4. The highest BCUT2D eigenvalue weighted by molar-refractivity contribution is 5.72. The molecule has 1 aromatic rings. The first-order valence-electron chi connectivity index (χ1n) is 6.45. The quantitative estimate of drug-likeness (QED) is 0.474. The summed E-state index contributed by atoms with van der Waals surface area (Å²) in [6.07, 6.45) is 1.70. The van der Waals surface area contributed by atoms with Crippen molar-refractivity contribution in [3.63, 3.8) is 0 Å². The van der Waals surface area contributed by atoms with Gasteiger partial charge in [0.2, 0.25) is 0 Å². The number of hydrogen-bond donors (Lipinski definition) is 2. The molecule has 0 saturated carbocycles. The van der Waals surface area contributed by atoms with Crippen LogP contribution in [0.3, 0.4) is 0 Å². The van der Waals surface area contributed by atoms with Gasteiger partial charge in [-0.3, -0.25) is 9.69 Å². The van der Waals surface area contributed by atoms with Crippen molar-refractivity contribution in [3.05, 3.63) is 23.9 Å². The summed E-state index contributed by atoms with van der Waals surface area (Å²) in [7, 11) is 1.45. The minimum absolute atomic E-state index is 0.0475. The first-order chi connectivity index (χ1) is 9.22. The molecular formula is C13H20N4O2. The Hall–Kier alpha value is -1.66. The zero-order valence-corrected chi connectivity index (χ0v) is 11.1. The van der Waals surface area contributed by atoms with Crippen LogP contribution in [0, 0.1) is 5.92 Å². The van der Waals surface area contributed by atoms with Gasteiger partial charge in [0.1, 0.15) is 5.82 Å². The SMILES string of the molecule is COC(=O)C1CCN(Cc2cccc(NN)n2)CC1. The van der Waals surface area contributed by atoms with Gasteiger partial charge in [0, 0.05) is 6.54 Å². The Balaban J connectivity index is 1.86. The summed E-state index contributed by atoms with van der Waals surface area (Å²) < 4.78 is 4.78. The molecule has 1 aliphatic heterocycles. The van der Waals surface area contributed by atoms with Crippen molar-refractivity contribution < 1.29 is 9.53 Å². The van der Waals surface area contributed by atoms with Gasteiger partial charge in [-0.15, -0.1) is 0 Å². The standard InChI is InChI=1S/C13H20N4O2/c1-19-13(18)10-5-7-17(8-6-10)9-11-3-2-4-12(15-11)16-14/h2-4,10H,5-9,14H2,1H3,(H,15,16). The Morgan fingerprint density at radius 2 is 2.26 bits per heavy atom. The second-order valence-corrected chi connectivity index (χ2v) is 4.73. The highest BCUT2D eigenvalue weighted by Crippen LogP contribution is 2.19. The fourth-order valence-electron chi connectivity index (χ4n) is 2.37. The molecule has 1 fully saturated rings. The maximum atomic E-state index is 11.4. The van der Waals surface area contributed by atoms with Crippen LogP contribution >= 0.6 is 0 Å². The molecule has 0 aliphatic carbocycles. The minimum Gasteiger partial charge on any atom is -0.469 e. The largest absolute Gasteiger partial charge is 0.469 e. The van der Waals surface area contributed by atoms with E-state index >= 15 is 0 Å². The minimum atomic E-state index is -0.0906. The molecule has 0 aromatic carbocycles. The van der Waals surface area contributed by atoms with Crippen LogP contribution in [-0.2, 0) is 16.1 Å². The molecule has 1 aromatic heterocycles. The first kappa shape index (κ1) is 13.8. The average molecular weight is 264 g/mol. The van der Waals surface area contributed by atoms with E-state index in [-0.39, 0.29) is 11.9 Å². The number of carbonyl (C=O) groups excluding carboxylic acids is 1. The fraction of sp³-hybridized carbons (Fsp3) is 0.538. The van der Waals surface area contributed by atoms with Crippen LogP contribution in [0.25, 0.3) is 0 Å². The number of ether oxygens (including phenoxy) is 1. The highest BCUT2D eigenvalue weighted by Gasteiger charge is 2.25. The van der Waals surface area contributed by atoms with Crippen LogP contribution in [0.1, 0.15) is 18.5 Å². The van der Waals surface area contributed by atoms with Gasteiger partial charge < -0.3 is 10.2 Å². The number of nitrogens with one attached hydrogen (secondary N) is 1. The molecule has 6 nitrogen and oxygen atoms in total. The summed E-state index contributed by atoms with van der Waals surface area (Å²) in [6, 6.07) is 5.74. The smallest absolute Gasteiger partial charge is 0.308 e. The molecule has 0 atom stereocenters. The van der Waals surface area contributed by atoms with Crippen molar-refractivity contribution in [2.24, 2.45) is 11.8 Å². The summed E-state index contributed by atoms with van der Waals surface area (Å²) in [6.45, 7) is 2.56. The number of nitrogens with two attached hydrogens (primary N) is 1. The molecule has 1 aliphatic rings. The van der Waals surface area contributed by atoms with E-state index in [1.165, 1.54) is 7.11 Å². The lowest BCUT2D eigenvalue weighted by atomic mass is 9.97. The van der Waals surface area contributed by atoms with Crippen LogP contribution in [0.15, 0.2) is 18.2 Å². The van der Waals surface area contributed by atoms with E-state index in [2.05, 4.69) is 15.3 Å². The maximum absolute atomic E-state index is 11.4. The normalized spacial score (nSPS) is 17.2. The molecule has 1 saturated heterocycles. The Morgan fingerprint density at radius 3 is 2.89 bits per heavy atom. The van der Waals surface area contributed by atoms with Crippen molar-refractivity contribution in [1.82, 2.24) is 9.88 Å². The number of hydrogen-bond acceptors (Lipinski definition) is 6. The number of pyridine rings is 1. The second-order valence-electron chi connectivity index (χ2n) is 4.73. The molecule has 3 N–H and O–H groups in total. The predicted molar refractivity (Wildman–Crippen MR) is 72.1 cm³/mol. The van der Waals surface area contributed by atoms with E-state index in [1.807, 2.05) is 18.2 Å². The van der Waals surface area contributed by atoms with E-state index in [4.69, 9.17) is 10.6 Å². The van der Waals surface area contributed by atoms with Gasteiger partial charge in [0.15, 0.2) is 0 Å². The summed E-state index contributed by atoms with van der Waals surface area (Å²) in [5.41, 5.74) is 3.52. The molecule has 19 heavy (non-hydrogen) atoms. The predicted octanol–water partition coefficient (Wildman–Crippen LogP) is 0.752. The van der Waals surface area contributed by atoms with E-state index in [0.29, 0.717) is 5.82 Å². The van der Waals surface area contributed by atoms with Crippen LogP contribution < -0.4 is 11.3 Å². The number of anilines is 1. The van der Waals surface area contributed by atoms with E-state index in [0.717, 1.165) is 38.2 Å². The van der Waals surface area contributed by atoms with E-state index in [1.54, 1.807) is 0 Å². The second kappa shape index (κ2) is 6.49.